The van der Waals surface area contributed by atoms with Crippen molar-refractivity contribution in [1.29, 1.82) is 0 Å². The predicted octanol–water partition coefficient (Wildman–Crippen LogP) is 1.87. The summed E-state index contributed by atoms with van der Waals surface area (Å²) >= 11 is 0. The van der Waals surface area contributed by atoms with Crippen LogP contribution in [0.5, 0.6) is 0 Å². The quantitative estimate of drug-likeness (QED) is 0.843. The van der Waals surface area contributed by atoms with Crippen molar-refractivity contribution in [2.45, 2.75) is 25.4 Å². The van der Waals surface area contributed by atoms with Gasteiger partial charge in [-0.15, -0.1) is 0 Å². The maximum atomic E-state index is 11.2. The first-order valence-electron chi connectivity index (χ1n) is 6.62. The van der Waals surface area contributed by atoms with Crippen LogP contribution in [0.25, 0.3) is 0 Å². The molecule has 1 aliphatic rings. The van der Waals surface area contributed by atoms with E-state index in [-0.39, 0.29) is 5.78 Å². The van der Waals surface area contributed by atoms with Crippen LogP contribution in [0.2, 0.25) is 0 Å². The van der Waals surface area contributed by atoms with Crippen molar-refractivity contribution in [3.63, 3.8) is 0 Å². The monoisotopic (exact) mass is 263 g/mol. The highest BCUT2D eigenvalue weighted by molar-refractivity contribution is 5.94. The Morgan fingerprint density at radius 1 is 1.32 bits per heavy atom. The van der Waals surface area contributed by atoms with Crippen molar-refractivity contribution < 1.29 is 14.6 Å². The molecule has 1 aromatic rings. The third kappa shape index (κ3) is 3.55. The third-order valence-electron chi connectivity index (χ3n) is 3.67. The summed E-state index contributed by atoms with van der Waals surface area (Å²) in [7, 11) is 1.95. The molecule has 0 amide bonds. The number of benzene rings is 1. The van der Waals surface area contributed by atoms with Gasteiger partial charge in [0.15, 0.2) is 5.78 Å². The van der Waals surface area contributed by atoms with Crippen molar-refractivity contribution >= 4 is 11.5 Å². The van der Waals surface area contributed by atoms with E-state index in [0.717, 1.165) is 5.69 Å². The molecular weight excluding hydrogens is 242 g/mol. The number of rotatable bonds is 4. The molecule has 0 bridgehead atoms. The molecule has 0 aliphatic carbocycles. The van der Waals surface area contributed by atoms with E-state index in [1.54, 1.807) is 6.92 Å². The van der Waals surface area contributed by atoms with E-state index >= 15 is 0 Å². The zero-order chi connectivity index (χ0) is 13.9. The highest BCUT2D eigenvalue weighted by Crippen LogP contribution is 2.24. The first kappa shape index (κ1) is 14.0. The van der Waals surface area contributed by atoms with Gasteiger partial charge in [0, 0.05) is 50.9 Å². The fourth-order valence-corrected chi connectivity index (χ4v) is 2.39. The number of nitrogens with zero attached hydrogens (tertiary/aromatic N) is 1. The van der Waals surface area contributed by atoms with E-state index in [0.29, 0.717) is 38.2 Å². The predicted molar refractivity (Wildman–Crippen MR) is 74.7 cm³/mol. The molecule has 2 rings (SSSR count). The average Bonchev–Trinajstić information content (AvgIpc) is 2.39. The number of aliphatic hydroxyl groups is 1. The summed E-state index contributed by atoms with van der Waals surface area (Å²) in [6.45, 7) is 3.38. The molecule has 104 valence electrons. The van der Waals surface area contributed by atoms with Crippen molar-refractivity contribution in [1.82, 2.24) is 0 Å². The minimum atomic E-state index is -0.674. The maximum Gasteiger partial charge on any atom is 0.159 e. The second-order valence-corrected chi connectivity index (χ2v) is 5.30. The molecule has 4 nitrogen and oxygen atoms in total. The Morgan fingerprint density at radius 2 is 1.89 bits per heavy atom. The molecular formula is C15H21NO3. The lowest BCUT2D eigenvalue weighted by molar-refractivity contribution is -0.0572. The Bertz CT molecular complexity index is 435. The van der Waals surface area contributed by atoms with Gasteiger partial charge in [0.2, 0.25) is 0 Å². The number of ketones is 1. The van der Waals surface area contributed by atoms with Gasteiger partial charge in [-0.05, 0) is 31.2 Å². The molecule has 1 aromatic carbocycles. The van der Waals surface area contributed by atoms with Crippen LogP contribution in [0.15, 0.2) is 24.3 Å². The summed E-state index contributed by atoms with van der Waals surface area (Å²) in [6, 6.07) is 7.48. The van der Waals surface area contributed by atoms with Crippen LogP contribution in [0, 0.1) is 0 Å². The number of carbonyl (C=O) groups is 1. The van der Waals surface area contributed by atoms with Crippen LogP contribution in [-0.4, -0.2) is 43.3 Å². The fraction of sp³-hybridized carbons (Fsp3) is 0.533. The van der Waals surface area contributed by atoms with Crippen LogP contribution in [-0.2, 0) is 4.74 Å². The molecule has 4 heteroatoms. The summed E-state index contributed by atoms with van der Waals surface area (Å²) < 4.78 is 5.28. The summed E-state index contributed by atoms with van der Waals surface area (Å²) in [6.07, 6.45) is 1.34. The maximum absolute atomic E-state index is 11.2. The molecule has 0 unspecified atom stereocenters. The first-order chi connectivity index (χ1) is 9.00. The van der Waals surface area contributed by atoms with E-state index < -0.39 is 5.60 Å². The van der Waals surface area contributed by atoms with Crippen LogP contribution < -0.4 is 4.90 Å². The molecule has 1 fully saturated rings. The van der Waals surface area contributed by atoms with Gasteiger partial charge >= 0.3 is 0 Å². The molecule has 1 heterocycles. The molecule has 0 aromatic heterocycles. The zero-order valence-electron chi connectivity index (χ0n) is 11.6. The average molecular weight is 263 g/mol. The lowest BCUT2D eigenvalue weighted by atomic mass is 9.93. The van der Waals surface area contributed by atoms with E-state index in [9.17, 15) is 9.90 Å². The third-order valence-corrected chi connectivity index (χ3v) is 3.67. The number of carbonyl (C=O) groups excluding carboxylic acids is 1. The number of likely N-dealkylation sites (N-methyl/N-ethyl adjacent to an activating group) is 1. The van der Waals surface area contributed by atoms with Gasteiger partial charge in [-0.1, -0.05) is 0 Å². The first-order valence-corrected chi connectivity index (χ1v) is 6.62. The Kier molecular flexibility index (Phi) is 4.22. The number of Topliss-reactive ketones (excluding diaryl/α,β-unsaturated/α-hetero) is 1. The van der Waals surface area contributed by atoms with Crippen LogP contribution in [0.1, 0.15) is 30.1 Å². The molecule has 0 atom stereocenters. The van der Waals surface area contributed by atoms with Gasteiger partial charge < -0.3 is 14.7 Å². The number of hydrogen-bond donors (Lipinski definition) is 1. The van der Waals surface area contributed by atoms with E-state index in [4.69, 9.17) is 4.74 Å². The molecule has 1 N–H and O–H groups in total. The van der Waals surface area contributed by atoms with Gasteiger partial charge in [-0.3, -0.25) is 4.79 Å². The highest BCUT2D eigenvalue weighted by Gasteiger charge is 2.31. The molecule has 0 radical (unpaired) electrons. The Balaban J connectivity index is 2.02. The lowest BCUT2D eigenvalue weighted by Crippen LogP contribution is -2.45. The largest absolute Gasteiger partial charge is 0.388 e. The SMILES string of the molecule is CC(=O)c1ccc(N(C)CC2(O)CCOCC2)cc1. The Morgan fingerprint density at radius 3 is 2.42 bits per heavy atom. The highest BCUT2D eigenvalue weighted by atomic mass is 16.5. The smallest absolute Gasteiger partial charge is 0.159 e. The van der Waals surface area contributed by atoms with Gasteiger partial charge in [0.1, 0.15) is 0 Å². The molecule has 0 saturated carbocycles. The van der Waals surface area contributed by atoms with Crippen molar-refractivity contribution in [3.8, 4) is 0 Å². The van der Waals surface area contributed by atoms with Crippen molar-refractivity contribution in [2.75, 3.05) is 31.7 Å². The van der Waals surface area contributed by atoms with Crippen LogP contribution >= 0.6 is 0 Å². The van der Waals surface area contributed by atoms with E-state index in [1.807, 2.05) is 36.2 Å². The molecule has 1 saturated heterocycles. The Labute approximate surface area is 114 Å². The minimum absolute atomic E-state index is 0.0669. The topological polar surface area (TPSA) is 49.8 Å². The fourth-order valence-electron chi connectivity index (χ4n) is 2.39. The van der Waals surface area contributed by atoms with E-state index in [2.05, 4.69) is 0 Å². The van der Waals surface area contributed by atoms with Crippen molar-refractivity contribution in [2.24, 2.45) is 0 Å². The lowest BCUT2D eigenvalue weighted by Gasteiger charge is -2.36. The standard InChI is InChI=1S/C15H21NO3/c1-12(17)13-3-5-14(6-4-13)16(2)11-15(18)7-9-19-10-8-15/h3-6,18H,7-11H2,1-2H3. The summed E-state index contributed by atoms with van der Waals surface area (Å²) in [5.74, 6) is 0.0669. The summed E-state index contributed by atoms with van der Waals surface area (Å²) in [5, 5.41) is 10.5. The zero-order valence-corrected chi connectivity index (χ0v) is 11.6. The number of ether oxygens (including phenoxy) is 1. The van der Waals surface area contributed by atoms with Gasteiger partial charge in [0.25, 0.3) is 0 Å². The summed E-state index contributed by atoms with van der Waals surface area (Å²) in [5.41, 5.74) is 1.04. The number of anilines is 1. The molecule has 1 aliphatic heterocycles. The van der Waals surface area contributed by atoms with Gasteiger partial charge in [0.05, 0.1) is 5.60 Å². The number of hydrogen-bond acceptors (Lipinski definition) is 4. The second kappa shape index (κ2) is 5.72. The molecule has 0 spiro atoms. The second-order valence-electron chi connectivity index (χ2n) is 5.30. The van der Waals surface area contributed by atoms with E-state index in [1.165, 1.54) is 0 Å². The Hall–Kier alpha value is -1.39. The summed E-state index contributed by atoms with van der Waals surface area (Å²) in [4.78, 5) is 13.2. The van der Waals surface area contributed by atoms with Crippen LogP contribution in [0.4, 0.5) is 5.69 Å². The molecule has 19 heavy (non-hydrogen) atoms. The van der Waals surface area contributed by atoms with Gasteiger partial charge in [-0.25, -0.2) is 0 Å². The minimum Gasteiger partial charge on any atom is -0.388 e. The van der Waals surface area contributed by atoms with Crippen LogP contribution in [0.3, 0.4) is 0 Å². The van der Waals surface area contributed by atoms with Gasteiger partial charge in [-0.2, -0.15) is 0 Å². The normalized spacial score (nSPS) is 18.1. The van der Waals surface area contributed by atoms with Crippen molar-refractivity contribution in [3.05, 3.63) is 29.8 Å².